The molecule has 2 aliphatic carbocycles. The number of hydrazine groups is 1. The van der Waals surface area contributed by atoms with Gasteiger partial charge in [0.2, 0.25) is 0 Å². The largest absolute Gasteiger partial charge is 0.352 e. The van der Waals surface area contributed by atoms with Crippen LogP contribution in [-0.4, -0.2) is 17.4 Å². The van der Waals surface area contributed by atoms with Gasteiger partial charge in [0.25, 0.3) is 5.91 Å². The molecule has 2 bridgehead atoms. The molecule has 2 fully saturated rings. The molecule has 19 heavy (non-hydrogen) atoms. The Morgan fingerprint density at radius 2 is 2.32 bits per heavy atom. The van der Waals surface area contributed by atoms with Gasteiger partial charge in [-0.25, -0.2) is 10.8 Å². The Morgan fingerprint density at radius 1 is 1.42 bits per heavy atom. The van der Waals surface area contributed by atoms with Crippen molar-refractivity contribution < 1.29 is 4.79 Å². The SMILES string of the molecule is NNc1cc(C(=O)NCC2CC3CCC2C3)ccn1. The average Bonchev–Trinajstić information content (AvgIpc) is 3.07. The zero-order valence-electron chi connectivity index (χ0n) is 10.9. The summed E-state index contributed by atoms with van der Waals surface area (Å²) in [6, 6.07) is 3.37. The van der Waals surface area contributed by atoms with E-state index in [2.05, 4.69) is 15.7 Å². The van der Waals surface area contributed by atoms with Crippen LogP contribution in [0.2, 0.25) is 0 Å². The van der Waals surface area contributed by atoms with Crippen molar-refractivity contribution in [3.8, 4) is 0 Å². The number of nitrogen functional groups attached to an aromatic ring is 1. The molecular weight excluding hydrogens is 240 g/mol. The minimum Gasteiger partial charge on any atom is -0.352 e. The molecule has 2 saturated carbocycles. The molecule has 3 atom stereocenters. The van der Waals surface area contributed by atoms with E-state index in [-0.39, 0.29) is 5.91 Å². The van der Waals surface area contributed by atoms with E-state index >= 15 is 0 Å². The van der Waals surface area contributed by atoms with Crippen LogP contribution in [0.4, 0.5) is 5.82 Å². The number of nitrogens with one attached hydrogen (secondary N) is 2. The number of fused-ring (bicyclic) bond motifs is 2. The second-order valence-corrected chi connectivity index (χ2v) is 5.72. The summed E-state index contributed by atoms with van der Waals surface area (Å²) in [6.07, 6.45) is 6.99. The van der Waals surface area contributed by atoms with Crippen LogP contribution in [0.5, 0.6) is 0 Å². The third kappa shape index (κ3) is 2.56. The van der Waals surface area contributed by atoms with Crippen molar-refractivity contribution in [3.63, 3.8) is 0 Å². The summed E-state index contributed by atoms with van der Waals surface area (Å²) < 4.78 is 0. The molecule has 0 aliphatic heterocycles. The summed E-state index contributed by atoms with van der Waals surface area (Å²) in [6.45, 7) is 0.799. The van der Waals surface area contributed by atoms with Crippen LogP contribution in [0.1, 0.15) is 36.0 Å². The third-order valence-corrected chi connectivity index (χ3v) is 4.58. The number of pyridine rings is 1. The number of hydrogen-bond acceptors (Lipinski definition) is 4. The summed E-state index contributed by atoms with van der Waals surface area (Å²) in [5.74, 6) is 8.19. The molecule has 1 heterocycles. The number of carbonyl (C=O) groups excluding carboxylic acids is 1. The lowest BCUT2D eigenvalue weighted by atomic mass is 9.89. The first-order chi connectivity index (χ1) is 9.26. The van der Waals surface area contributed by atoms with Crippen molar-refractivity contribution in [2.75, 3.05) is 12.0 Å². The third-order valence-electron chi connectivity index (χ3n) is 4.58. The maximum absolute atomic E-state index is 12.1. The predicted molar refractivity (Wildman–Crippen MR) is 73.3 cm³/mol. The van der Waals surface area contributed by atoms with E-state index in [1.54, 1.807) is 18.3 Å². The highest BCUT2D eigenvalue weighted by Crippen LogP contribution is 2.47. The minimum absolute atomic E-state index is 0.0401. The molecule has 0 spiro atoms. The summed E-state index contributed by atoms with van der Waals surface area (Å²) >= 11 is 0. The number of amides is 1. The molecule has 0 aromatic carbocycles. The smallest absolute Gasteiger partial charge is 0.251 e. The van der Waals surface area contributed by atoms with Crippen molar-refractivity contribution >= 4 is 11.7 Å². The fraction of sp³-hybridized carbons (Fsp3) is 0.571. The van der Waals surface area contributed by atoms with Crippen molar-refractivity contribution in [1.29, 1.82) is 0 Å². The summed E-state index contributed by atoms with van der Waals surface area (Å²) in [5, 5.41) is 3.04. The molecule has 102 valence electrons. The van der Waals surface area contributed by atoms with Gasteiger partial charge in [-0.2, -0.15) is 0 Å². The van der Waals surface area contributed by atoms with Gasteiger partial charge in [-0.3, -0.25) is 4.79 Å². The summed E-state index contributed by atoms with van der Waals surface area (Å²) in [5.41, 5.74) is 3.05. The van der Waals surface area contributed by atoms with Crippen LogP contribution in [-0.2, 0) is 0 Å². The number of aromatic nitrogens is 1. The highest BCUT2D eigenvalue weighted by atomic mass is 16.1. The maximum atomic E-state index is 12.1. The monoisotopic (exact) mass is 260 g/mol. The van der Waals surface area contributed by atoms with E-state index in [0.717, 1.165) is 18.4 Å². The molecule has 5 heteroatoms. The average molecular weight is 260 g/mol. The van der Waals surface area contributed by atoms with Crippen LogP contribution >= 0.6 is 0 Å². The zero-order valence-corrected chi connectivity index (χ0v) is 10.9. The molecule has 0 radical (unpaired) electrons. The van der Waals surface area contributed by atoms with Gasteiger partial charge in [0, 0.05) is 18.3 Å². The van der Waals surface area contributed by atoms with Crippen molar-refractivity contribution in [2.24, 2.45) is 23.6 Å². The second-order valence-electron chi connectivity index (χ2n) is 5.72. The minimum atomic E-state index is -0.0401. The Bertz CT molecular complexity index is 476. The predicted octanol–water partition coefficient (Wildman–Crippen LogP) is 1.53. The first-order valence-electron chi connectivity index (χ1n) is 6.97. The molecule has 3 rings (SSSR count). The van der Waals surface area contributed by atoms with E-state index in [1.165, 1.54) is 25.7 Å². The number of nitrogens with two attached hydrogens (primary N) is 1. The molecular formula is C14H20N4O. The lowest BCUT2D eigenvalue weighted by Crippen LogP contribution is -2.31. The molecule has 3 unspecified atom stereocenters. The molecule has 5 nitrogen and oxygen atoms in total. The normalized spacial score (nSPS) is 28.4. The van der Waals surface area contributed by atoms with Crippen molar-refractivity contribution in [2.45, 2.75) is 25.7 Å². The van der Waals surface area contributed by atoms with Crippen molar-refractivity contribution in [1.82, 2.24) is 10.3 Å². The topological polar surface area (TPSA) is 80.0 Å². The van der Waals surface area contributed by atoms with Gasteiger partial charge in [0.1, 0.15) is 5.82 Å². The number of nitrogens with zero attached hydrogens (tertiary/aromatic N) is 1. The number of rotatable bonds is 4. The Hall–Kier alpha value is -1.62. The zero-order chi connectivity index (χ0) is 13.2. The van der Waals surface area contributed by atoms with Gasteiger partial charge in [-0.05, 0) is 49.1 Å². The van der Waals surface area contributed by atoms with Gasteiger partial charge in [0.05, 0.1) is 0 Å². The number of hydrogen-bond donors (Lipinski definition) is 3. The number of anilines is 1. The van der Waals surface area contributed by atoms with Gasteiger partial charge in [0.15, 0.2) is 0 Å². The van der Waals surface area contributed by atoms with E-state index in [0.29, 0.717) is 17.3 Å². The Morgan fingerprint density at radius 3 is 3.00 bits per heavy atom. The summed E-state index contributed by atoms with van der Waals surface area (Å²) in [7, 11) is 0. The lowest BCUT2D eigenvalue weighted by molar-refractivity contribution is 0.0941. The van der Waals surface area contributed by atoms with E-state index in [4.69, 9.17) is 5.84 Å². The van der Waals surface area contributed by atoms with Gasteiger partial charge >= 0.3 is 0 Å². The van der Waals surface area contributed by atoms with Gasteiger partial charge < -0.3 is 10.7 Å². The lowest BCUT2D eigenvalue weighted by Gasteiger charge is -2.21. The molecule has 1 aromatic heterocycles. The molecule has 1 aromatic rings. The molecule has 0 saturated heterocycles. The molecule has 1 amide bonds. The standard InChI is InChI=1S/C14H20N4O/c15-18-13-7-11(3-4-16-13)14(19)17-8-12-6-9-1-2-10(12)5-9/h3-4,7,9-10,12H,1-2,5-6,8,15H2,(H,16,18)(H,17,19). The maximum Gasteiger partial charge on any atom is 0.251 e. The Balaban J connectivity index is 1.56. The van der Waals surface area contributed by atoms with E-state index < -0.39 is 0 Å². The Labute approximate surface area is 112 Å². The fourth-order valence-corrected chi connectivity index (χ4v) is 3.60. The molecule has 4 N–H and O–H groups in total. The van der Waals surface area contributed by atoms with Crippen LogP contribution < -0.4 is 16.6 Å². The Kier molecular flexibility index (Phi) is 3.38. The second kappa shape index (κ2) is 5.17. The highest BCUT2D eigenvalue weighted by molar-refractivity contribution is 5.94. The quantitative estimate of drug-likeness (QED) is 0.566. The fourth-order valence-electron chi connectivity index (χ4n) is 3.60. The van der Waals surface area contributed by atoms with Gasteiger partial charge in [-0.15, -0.1) is 0 Å². The van der Waals surface area contributed by atoms with E-state index in [1.807, 2.05) is 0 Å². The first-order valence-corrected chi connectivity index (χ1v) is 6.97. The van der Waals surface area contributed by atoms with Gasteiger partial charge in [-0.1, -0.05) is 6.42 Å². The summed E-state index contributed by atoms with van der Waals surface area (Å²) in [4.78, 5) is 16.1. The van der Waals surface area contributed by atoms with Crippen LogP contribution in [0.15, 0.2) is 18.3 Å². The molecule has 2 aliphatic rings. The van der Waals surface area contributed by atoms with Crippen LogP contribution in [0.3, 0.4) is 0 Å². The highest BCUT2D eigenvalue weighted by Gasteiger charge is 2.39. The van der Waals surface area contributed by atoms with Crippen molar-refractivity contribution in [3.05, 3.63) is 23.9 Å². The van der Waals surface area contributed by atoms with Crippen LogP contribution in [0.25, 0.3) is 0 Å². The van der Waals surface area contributed by atoms with Crippen LogP contribution in [0, 0.1) is 17.8 Å². The number of carbonyl (C=O) groups is 1. The first kappa shape index (κ1) is 12.4. The van der Waals surface area contributed by atoms with E-state index in [9.17, 15) is 4.79 Å².